The summed E-state index contributed by atoms with van der Waals surface area (Å²) in [5, 5.41) is 7.23. The van der Waals surface area contributed by atoms with Crippen LogP contribution in [0.25, 0.3) is 16.7 Å². The Hall–Kier alpha value is -2.36. The van der Waals surface area contributed by atoms with Crippen molar-refractivity contribution in [3.8, 4) is 0 Å². The number of aromatic nitrogens is 4. The van der Waals surface area contributed by atoms with E-state index in [2.05, 4.69) is 10.4 Å². The molecule has 142 valence electrons. The summed E-state index contributed by atoms with van der Waals surface area (Å²) < 4.78 is 30.4. The van der Waals surface area contributed by atoms with Gasteiger partial charge in [0, 0.05) is 32.3 Å². The van der Waals surface area contributed by atoms with Crippen molar-refractivity contribution in [2.45, 2.75) is 18.2 Å². The summed E-state index contributed by atoms with van der Waals surface area (Å²) in [5.74, 6) is 0. The van der Waals surface area contributed by atoms with Crippen LogP contribution in [0.5, 0.6) is 0 Å². The Balaban J connectivity index is 2.08. The van der Waals surface area contributed by atoms with E-state index in [9.17, 15) is 13.2 Å². The molecule has 0 aliphatic carbocycles. The maximum Gasteiger partial charge on any atom is 0.347 e. The molecule has 0 spiro atoms. The molecule has 0 saturated heterocycles. The average molecular weight is 408 g/mol. The third kappa shape index (κ3) is 2.65. The highest BCUT2D eigenvalue weighted by atomic mass is 35.5. The van der Waals surface area contributed by atoms with Crippen LogP contribution in [0.4, 0.5) is 0 Å². The van der Waals surface area contributed by atoms with Crippen molar-refractivity contribution in [2.75, 3.05) is 13.1 Å². The minimum atomic E-state index is -4.23. The zero-order chi connectivity index (χ0) is 19.3. The summed E-state index contributed by atoms with van der Waals surface area (Å²) in [6, 6.07) is 6.83. The van der Waals surface area contributed by atoms with Gasteiger partial charge in [-0.15, -0.1) is 0 Å². The van der Waals surface area contributed by atoms with E-state index in [1.165, 1.54) is 9.25 Å². The van der Waals surface area contributed by atoms with E-state index in [-0.39, 0.29) is 15.7 Å². The molecule has 10 heteroatoms. The van der Waals surface area contributed by atoms with E-state index in [0.717, 1.165) is 16.2 Å². The van der Waals surface area contributed by atoms with Crippen molar-refractivity contribution in [3.63, 3.8) is 0 Å². The lowest BCUT2D eigenvalue weighted by atomic mass is 10.2. The topological polar surface area (TPSA) is 90.9 Å². The largest absolute Gasteiger partial charge is 0.347 e. The number of nitrogens with one attached hydrogen (secondary N) is 1. The Morgan fingerprint density at radius 1 is 1.22 bits per heavy atom. The Morgan fingerprint density at radius 2 is 1.93 bits per heavy atom. The van der Waals surface area contributed by atoms with E-state index < -0.39 is 15.7 Å². The molecule has 4 rings (SSSR count). The number of rotatable bonds is 3. The molecule has 1 aromatic carbocycles. The van der Waals surface area contributed by atoms with Gasteiger partial charge in [-0.1, -0.05) is 29.8 Å². The van der Waals surface area contributed by atoms with E-state index >= 15 is 0 Å². The molecule has 3 heterocycles. The van der Waals surface area contributed by atoms with Crippen LogP contribution in [0.2, 0.25) is 5.15 Å². The van der Waals surface area contributed by atoms with E-state index in [0.29, 0.717) is 24.0 Å². The first-order valence-electron chi connectivity index (χ1n) is 8.41. The van der Waals surface area contributed by atoms with Gasteiger partial charge in [-0.3, -0.25) is 9.25 Å². The molecule has 0 bridgehead atoms. The molecule has 0 amide bonds. The van der Waals surface area contributed by atoms with Crippen molar-refractivity contribution in [3.05, 3.63) is 51.7 Å². The molecule has 1 aliphatic heterocycles. The lowest BCUT2D eigenvalue weighted by molar-refractivity contribution is 0.585. The minimum Gasteiger partial charge on any atom is -0.313 e. The molecule has 1 N–H and O–H groups in total. The van der Waals surface area contributed by atoms with Gasteiger partial charge in [0.15, 0.2) is 0 Å². The first-order valence-corrected chi connectivity index (χ1v) is 10.2. The van der Waals surface area contributed by atoms with Crippen LogP contribution in [-0.2, 0) is 17.1 Å². The van der Waals surface area contributed by atoms with Gasteiger partial charge < -0.3 is 5.32 Å². The van der Waals surface area contributed by atoms with Crippen molar-refractivity contribution in [2.24, 2.45) is 7.05 Å². The van der Waals surface area contributed by atoms with Crippen molar-refractivity contribution in [1.82, 2.24) is 23.6 Å². The molecule has 0 saturated carbocycles. The summed E-state index contributed by atoms with van der Waals surface area (Å²) >= 11 is 6.19. The number of halogens is 1. The summed E-state index contributed by atoms with van der Waals surface area (Å²) in [5.41, 5.74) is 1.23. The number of aryl methyl sites for hydroxylation is 2. The number of imidazole rings is 1. The Kier molecular flexibility index (Phi) is 4.25. The van der Waals surface area contributed by atoms with Gasteiger partial charge in [-0.25, -0.2) is 13.2 Å². The fourth-order valence-electron chi connectivity index (χ4n) is 3.44. The summed E-state index contributed by atoms with van der Waals surface area (Å²) in [4.78, 5) is 13.1. The average Bonchev–Trinajstić information content (AvgIpc) is 3.08. The van der Waals surface area contributed by atoms with Crippen LogP contribution >= 0.6 is 11.6 Å². The van der Waals surface area contributed by atoms with Gasteiger partial charge in [0.05, 0.1) is 16.7 Å². The Bertz CT molecular complexity index is 1250. The van der Waals surface area contributed by atoms with Gasteiger partial charge in [0.1, 0.15) is 10.0 Å². The summed E-state index contributed by atoms with van der Waals surface area (Å²) in [6.07, 6.45) is 2.53. The number of para-hydroxylation sites is 2. The normalized spacial score (nSPS) is 15.3. The predicted molar refractivity (Wildman–Crippen MR) is 103 cm³/mol. The molecule has 8 nitrogen and oxygen atoms in total. The third-order valence-electron chi connectivity index (χ3n) is 4.63. The van der Waals surface area contributed by atoms with Gasteiger partial charge in [0.2, 0.25) is 0 Å². The van der Waals surface area contributed by atoms with Gasteiger partial charge in [-0.05, 0) is 19.1 Å². The summed E-state index contributed by atoms with van der Waals surface area (Å²) in [6.45, 7) is 2.90. The fraction of sp³-hybridized carbons (Fsp3) is 0.294. The molecule has 0 radical (unpaired) electrons. The first-order chi connectivity index (χ1) is 12.8. The third-order valence-corrected chi connectivity index (χ3v) is 7.02. The maximum absolute atomic E-state index is 13.4. The molecule has 27 heavy (non-hydrogen) atoms. The fourth-order valence-corrected chi connectivity index (χ4v) is 5.55. The molecule has 3 aromatic rings. The van der Waals surface area contributed by atoms with E-state index in [1.807, 2.05) is 6.08 Å². The maximum atomic E-state index is 13.4. The van der Waals surface area contributed by atoms with Crippen molar-refractivity contribution >= 4 is 38.4 Å². The second-order valence-corrected chi connectivity index (χ2v) is 8.44. The van der Waals surface area contributed by atoms with Crippen molar-refractivity contribution < 1.29 is 8.42 Å². The number of hydrogen-bond acceptors (Lipinski definition) is 5. The smallest absolute Gasteiger partial charge is 0.313 e. The number of benzene rings is 1. The second kappa shape index (κ2) is 6.36. The van der Waals surface area contributed by atoms with Crippen LogP contribution in [0, 0.1) is 6.92 Å². The highest BCUT2D eigenvalue weighted by molar-refractivity contribution is 7.90. The van der Waals surface area contributed by atoms with Gasteiger partial charge in [-0.2, -0.15) is 9.07 Å². The number of nitrogens with zero attached hydrogens (tertiary/aromatic N) is 4. The lowest BCUT2D eigenvalue weighted by Crippen LogP contribution is -2.31. The summed E-state index contributed by atoms with van der Waals surface area (Å²) in [7, 11) is -2.67. The lowest BCUT2D eigenvalue weighted by Gasteiger charge is -2.14. The molecule has 2 aromatic heterocycles. The molecule has 0 unspecified atom stereocenters. The second-order valence-electron chi connectivity index (χ2n) is 6.35. The number of hydrogen-bond donors (Lipinski definition) is 1. The molecule has 0 atom stereocenters. The molecular formula is C17H18ClN5O3S. The minimum absolute atomic E-state index is 0.0303. The van der Waals surface area contributed by atoms with Crippen molar-refractivity contribution in [1.29, 1.82) is 0 Å². The monoisotopic (exact) mass is 407 g/mol. The standard InChI is InChI=1S/C17H18ClN5O3S/c1-11-15(16(18)21(2)20-11)27(25,26)23-14-6-4-3-5-13(14)22(17(23)24)12-7-9-19-10-8-12/h3-7,19H,8-10H2,1-2H3. The molecule has 1 aliphatic rings. The van der Waals surface area contributed by atoms with Crippen LogP contribution in [0.1, 0.15) is 12.1 Å². The van der Waals surface area contributed by atoms with E-state index in [4.69, 9.17) is 11.6 Å². The number of fused-ring (bicyclic) bond motifs is 1. The zero-order valence-corrected chi connectivity index (χ0v) is 16.4. The van der Waals surface area contributed by atoms with Crippen LogP contribution in [0.15, 0.2) is 40.0 Å². The highest BCUT2D eigenvalue weighted by Gasteiger charge is 2.32. The van der Waals surface area contributed by atoms with E-state index in [1.54, 1.807) is 38.2 Å². The van der Waals surface area contributed by atoms with Gasteiger partial charge in [0.25, 0.3) is 10.0 Å². The van der Waals surface area contributed by atoms with Crippen LogP contribution < -0.4 is 11.0 Å². The van der Waals surface area contributed by atoms with Crippen LogP contribution in [0.3, 0.4) is 0 Å². The van der Waals surface area contributed by atoms with Gasteiger partial charge >= 0.3 is 5.69 Å². The first kappa shape index (κ1) is 18.0. The predicted octanol–water partition coefficient (Wildman–Crippen LogP) is 1.57. The Morgan fingerprint density at radius 3 is 2.52 bits per heavy atom. The zero-order valence-electron chi connectivity index (χ0n) is 14.8. The molecular weight excluding hydrogens is 390 g/mol. The van der Waals surface area contributed by atoms with Crippen LogP contribution in [-0.4, -0.2) is 39.8 Å². The molecule has 0 fully saturated rings. The SMILES string of the molecule is Cc1nn(C)c(Cl)c1S(=O)(=O)n1c(=O)n(C2=CCNCC2)c2ccccc21. The quantitative estimate of drug-likeness (QED) is 0.711. The highest BCUT2D eigenvalue weighted by Crippen LogP contribution is 2.29. The Labute approximate surface area is 160 Å².